The van der Waals surface area contributed by atoms with Crippen molar-refractivity contribution in [3.8, 4) is 17.3 Å². The van der Waals surface area contributed by atoms with Crippen LogP contribution >= 0.6 is 0 Å². The highest BCUT2D eigenvalue weighted by Gasteiger charge is 2.15. The van der Waals surface area contributed by atoms with Crippen LogP contribution in [0.15, 0.2) is 49.2 Å². The van der Waals surface area contributed by atoms with Gasteiger partial charge in [-0.05, 0) is 29.8 Å². The average molecular weight is 393 g/mol. The van der Waals surface area contributed by atoms with Crippen LogP contribution < -0.4 is 14.8 Å². The average Bonchev–Trinajstić information content (AvgIpc) is 3.31. The molecule has 148 valence electrons. The van der Waals surface area contributed by atoms with Gasteiger partial charge in [0.1, 0.15) is 25.9 Å². The fraction of sp³-hybridized carbons (Fsp3) is 0.250. The topological polar surface area (TPSA) is 108 Å². The number of carbonyl (C=O) groups is 2. The van der Waals surface area contributed by atoms with Gasteiger partial charge in [0, 0.05) is 31.1 Å². The zero-order chi connectivity index (χ0) is 20.1. The molecule has 1 amide bonds. The number of nitrogens with zero attached hydrogens (tertiary/aromatic N) is 4. The molecule has 0 atom stereocenters. The summed E-state index contributed by atoms with van der Waals surface area (Å²) in [5.41, 5.74) is 1.36. The van der Waals surface area contributed by atoms with E-state index in [1.54, 1.807) is 41.5 Å². The summed E-state index contributed by atoms with van der Waals surface area (Å²) in [6, 6.07) is 8.72. The van der Waals surface area contributed by atoms with Gasteiger partial charge in [-0.3, -0.25) is 9.59 Å². The minimum Gasteiger partial charge on any atom is -0.486 e. The molecule has 29 heavy (non-hydrogen) atoms. The Morgan fingerprint density at radius 2 is 1.93 bits per heavy atom. The third-order valence-corrected chi connectivity index (χ3v) is 4.40. The van der Waals surface area contributed by atoms with Crippen molar-refractivity contribution in [2.24, 2.45) is 0 Å². The maximum absolute atomic E-state index is 12.4. The van der Waals surface area contributed by atoms with Gasteiger partial charge < -0.3 is 14.8 Å². The number of amides is 1. The quantitative estimate of drug-likeness (QED) is 0.609. The smallest absolute Gasteiger partial charge is 0.220 e. The monoisotopic (exact) mass is 393 g/mol. The highest BCUT2D eigenvalue weighted by atomic mass is 16.6. The molecule has 0 fully saturated rings. The molecular formula is C20H19N5O4. The maximum atomic E-state index is 12.4. The van der Waals surface area contributed by atoms with E-state index in [1.165, 1.54) is 6.33 Å². The second-order valence-corrected chi connectivity index (χ2v) is 6.42. The molecule has 1 aliphatic rings. The number of benzene rings is 1. The van der Waals surface area contributed by atoms with Crippen LogP contribution in [0.25, 0.3) is 5.82 Å². The molecular weight excluding hydrogens is 374 g/mol. The lowest BCUT2D eigenvalue weighted by Gasteiger charge is -2.18. The van der Waals surface area contributed by atoms with Gasteiger partial charge in [-0.25, -0.2) is 14.6 Å². The van der Waals surface area contributed by atoms with Crippen molar-refractivity contribution in [2.45, 2.75) is 19.4 Å². The van der Waals surface area contributed by atoms with Crippen LogP contribution in [0.4, 0.5) is 0 Å². The van der Waals surface area contributed by atoms with Crippen LogP contribution in [0, 0.1) is 0 Å². The molecule has 3 heterocycles. The number of aromatic nitrogens is 4. The second kappa shape index (κ2) is 8.51. The summed E-state index contributed by atoms with van der Waals surface area (Å²) >= 11 is 0. The minimum atomic E-state index is -0.198. The molecule has 4 rings (SSSR count). The molecule has 0 saturated heterocycles. The maximum Gasteiger partial charge on any atom is 0.220 e. The predicted molar refractivity (Wildman–Crippen MR) is 102 cm³/mol. The predicted octanol–water partition coefficient (Wildman–Crippen LogP) is 1.71. The molecule has 0 aliphatic carbocycles. The van der Waals surface area contributed by atoms with Crippen molar-refractivity contribution in [1.29, 1.82) is 0 Å². The van der Waals surface area contributed by atoms with E-state index in [0.717, 1.165) is 5.56 Å². The Kier molecular flexibility index (Phi) is 5.46. The zero-order valence-corrected chi connectivity index (χ0v) is 15.6. The van der Waals surface area contributed by atoms with Gasteiger partial charge >= 0.3 is 0 Å². The molecule has 0 bridgehead atoms. The van der Waals surface area contributed by atoms with Crippen molar-refractivity contribution < 1.29 is 19.1 Å². The third-order valence-electron chi connectivity index (χ3n) is 4.40. The Morgan fingerprint density at radius 3 is 2.69 bits per heavy atom. The van der Waals surface area contributed by atoms with E-state index < -0.39 is 0 Å². The number of ether oxygens (including phenoxy) is 2. The number of rotatable bonds is 7. The molecule has 3 aromatic rings. The summed E-state index contributed by atoms with van der Waals surface area (Å²) in [5, 5.41) is 6.81. The van der Waals surface area contributed by atoms with Gasteiger partial charge in [0.25, 0.3) is 0 Å². The van der Waals surface area contributed by atoms with Crippen molar-refractivity contribution in [2.75, 3.05) is 13.2 Å². The first kappa shape index (κ1) is 18.6. The Morgan fingerprint density at radius 1 is 1.07 bits per heavy atom. The number of fused-ring (bicyclic) bond motifs is 1. The lowest BCUT2D eigenvalue weighted by molar-refractivity contribution is -0.121. The normalized spacial score (nSPS) is 12.4. The molecule has 0 saturated carbocycles. The Balaban J connectivity index is 1.25. The fourth-order valence-corrected chi connectivity index (χ4v) is 2.86. The minimum absolute atomic E-state index is 0.109. The third kappa shape index (κ3) is 4.57. The van der Waals surface area contributed by atoms with Crippen molar-refractivity contribution >= 4 is 11.7 Å². The van der Waals surface area contributed by atoms with E-state index in [-0.39, 0.29) is 24.5 Å². The van der Waals surface area contributed by atoms with Crippen molar-refractivity contribution in [3.63, 3.8) is 0 Å². The Labute approximate surface area is 166 Å². The number of hydrogen-bond acceptors (Lipinski definition) is 7. The highest BCUT2D eigenvalue weighted by molar-refractivity contribution is 5.98. The van der Waals surface area contributed by atoms with Gasteiger partial charge in [-0.1, -0.05) is 6.07 Å². The molecule has 1 aliphatic heterocycles. The van der Waals surface area contributed by atoms with Crippen LogP contribution in [-0.2, 0) is 11.3 Å². The summed E-state index contributed by atoms with van der Waals surface area (Å²) in [7, 11) is 0. The van der Waals surface area contributed by atoms with E-state index in [0.29, 0.717) is 42.6 Å². The van der Waals surface area contributed by atoms with E-state index in [4.69, 9.17) is 9.47 Å². The number of pyridine rings is 1. The standard InChI is InChI=1S/C20H19N5O4/c26-16(15-2-4-17-18(9-15)29-8-7-28-17)3-6-20(27)23-11-14-1-5-19(22-10-14)25-13-21-12-24-25/h1-2,4-5,9-10,12-13H,3,6-8,11H2,(H,23,27). The molecule has 0 spiro atoms. The number of Topliss-reactive ketones (excluding diaryl/α,β-unsaturated/α-hetero) is 1. The van der Waals surface area contributed by atoms with Crippen molar-refractivity contribution in [3.05, 3.63) is 60.3 Å². The summed E-state index contributed by atoms with van der Waals surface area (Å²) in [6.07, 6.45) is 4.88. The van der Waals surface area contributed by atoms with E-state index >= 15 is 0 Å². The number of hydrogen-bond donors (Lipinski definition) is 1. The molecule has 1 aromatic carbocycles. The van der Waals surface area contributed by atoms with Gasteiger partial charge in [-0.15, -0.1) is 0 Å². The lowest BCUT2D eigenvalue weighted by atomic mass is 10.1. The Hall–Kier alpha value is -3.75. The second-order valence-electron chi connectivity index (χ2n) is 6.42. The summed E-state index contributed by atoms with van der Waals surface area (Å²) < 4.78 is 12.5. The molecule has 0 unspecified atom stereocenters. The van der Waals surface area contributed by atoms with Gasteiger partial charge in [0.15, 0.2) is 23.1 Å². The van der Waals surface area contributed by atoms with Crippen LogP contribution in [0.5, 0.6) is 11.5 Å². The molecule has 2 aromatic heterocycles. The molecule has 0 radical (unpaired) electrons. The number of ketones is 1. The van der Waals surface area contributed by atoms with E-state index in [2.05, 4.69) is 20.4 Å². The summed E-state index contributed by atoms with van der Waals surface area (Å²) in [6.45, 7) is 1.29. The lowest BCUT2D eigenvalue weighted by Crippen LogP contribution is -2.23. The molecule has 9 heteroatoms. The summed E-state index contributed by atoms with van der Waals surface area (Å²) in [5.74, 6) is 1.53. The zero-order valence-electron chi connectivity index (χ0n) is 15.6. The number of nitrogens with one attached hydrogen (secondary N) is 1. The number of carbonyl (C=O) groups excluding carboxylic acids is 2. The van der Waals surface area contributed by atoms with Gasteiger partial charge in [0.05, 0.1) is 0 Å². The first-order valence-electron chi connectivity index (χ1n) is 9.18. The van der Waals surface area contributed by atoms with Crippen LogP contribution in [-0.4, -0.2) is 44.7 Å². The van der Waals surface area contributed by atoms with Gasteiger partial charge in [0.2, 0.25) is 5.91 Å². The van der Waals surface area contributed by atoms with Gasteiger partial charge in [-0.2, -0.15) is 5.10 Å². The van der Waals surface area contributed by atoms with Crippen LogP contribution in [0.1, 0.15) is 28.8 Å². The van der Waals surface area contributed by atoms with Crippen LogP contribution in [0.3, 0.4) is 0 Å². The van der Waals surface area contributed by atoms with Crippen LogP contribution in [0.2, 0.25) is 0 Å². The molecule has 1 N–H and O–H groups in total. The first-order valence-corrected chi connectivity index (χ1v) is 9.18. The fourth-order valence-electron chi connectivity index (χ4n) is 2.86. The van der Waals surface area contributed by atoms with E-state index in [1.807, 2.05) is 6.07 Å². The SMILES string of the molecule is O=C(CCC(=O)c1ccc2c(c1)OCCO2)NCc1ccc(-n2cncn2)nc1. The van der Waals surface area contributed by atoms with E-state index in [9.17, 15) is 9.59 Å². The largest absolute Gasteiger partial charge is 0.486 e. The Bertz CT molecular complexity index is 1000. The highest BCUT2D eigenvalue weighted by Crippen LogP contribution is 2.31. The molecule has 9 nitrogen and oxygen atoms in total. The summed E-state index contributed by atoms with van der Waals surface area (Å²) in [4.78, 5) is 32.6. The first-order chi connectivity index (χ1) is 14.2. The van der Waals surface area contributed by atoms with Crippen molar-refractivity contribution in [1.82, 2.24) is 25.1 Å².